The number of fused-ring (bicyclic) bond motifs is 1. The van der Waals surface area contributed by atoms with E-state index in [4.69, 9.17) is 20.3 Å². The number of anilines is 2. The van der Waals surface area contributed by atoms with Crippen molar-refractivity contribution in [1.29, 1.82) is 0 Å². The molecule has 1 aliphatic heterocycles. The fraction of sp³-hybridized carbons (Fsp3) is 0.429. The van der Waals surface area contributed by atoms with Gasteiger partial charge in [-0.25, -0.2) is 9.50 Å². The third-order valence-corrected chi connectivity index (χ3v) is 5.50. The van der Waals surface area contributed by atoms with Crippen molar-refractivity contribution in [2.75, 3.05) is 44.0 Å². The fourth-order valence-electron chi connectivity index (χ4n) is 3.86. The SMILES string of the molecule is COCc1nc2c(N)cc(N3CCOCC3)nn2c1Cc1cccc(C(F)(F)F)c1C. The standard InChI is InChI=1S/C21H24F3N5O2/c1-13-14(4-3-5-15(13)21(22,23)24)10-18-17(12-30-2)26-20-16(25)11-19(27-29(18)20)28-6-8-31-9-7-28/h3-5,11H,6-10,12,25H2,1-2H3. The van der Waals surface area contributed by atoms with E-state index in [1.54, 1.807) is 23.8 Å². The molecule has 1 aliphatic rings. The number of ether oxygens (including phenoxy) is 2. The third kappa shape index (κ3) is 4.17. The molecule has 0 unspecified atom stereocenters. The van der Waals surface area contributed by atoms with Crippen LogP contribution in [0, 0.1) is 6.92 Å². The largest absolute Gasteiger partial charge is 0.416 e. The number of nitrogens with zero attached hydrogens (tertiary/aromatic N) is 4. The molecule has 1 aromatic carbocycles. The lowest BCUT2D eigenvalue weighted by Crippen LogP contribution is -2.37. The lowest BCUT2D eigenvalue weighted by Gasteiger charge is -2.27. The molecule has 3 aromatic rings. The van der Waals surface area contributed by atoms with Gasteiger partial charge >= 0.3 is 6.18 Å². The second-order valence-corrected chi connectivity index (χ2v) is 7.50. The molecule has 0 saturated carbocycles. The molecule has 1 fully saturated rings. The molecule has 0 atom stereocenters. The highest BCUT2D eigenvalue weighted by molar-refractivity contribution is 5.69. The van der Waals surface area contributed by atoms with Crippen LogP contribution in [0.5, 0.6) is 0 Å². The zero-order chi connectivity index (χ0) is 22.2. The van der Waals surface area contributed by atoms with E-state index >= 15 is 0 Å². The zero-order valence-corrected chi connectivity index (χ0v) is 17.4. The maximum Gasteiger partial charge on any atom is 0.416 e. The smallest absolute Gasteiger partial charge is 0.396 e. The Morgan fingerprint density at radius 2 is 1.97 bits per heavy atom. The normalized spacial score (nSPS) is 15.1. The van der Waals surface area contributed by atoms with Gasteiger partial charge in [-0.2, -0.15) is 13.2 Å². The van der Waals surface area contributed by atoms with Gasteiger partial charge in [0.2, 0.25) is 0 Å². The van der Waals surface area contributed by atoms with E-state index in [0.29, 0.717) is 60.4 Å². The Morgan fingerprint density at radius 1 is 1.23 bits per heavy atom. The number of hydrogen-bond acceptors (Lipinski definition) is 6. The van der Waals surface area contributed by atoms with Crippen molar-refractivity contribution in [3.05, 3.63) is 52.3 Å². The molecule has 1 saturated heterocycles. The minimum atomic E-state index is -4.42. The van der Waals surface area contributed by atoms with Gasteiger partial charge in [0, 0.05) is 32.7 Å². The molecular formula is C21H24F3N5O2. The van der Waals surface area contributed by atoms with Gasteiger partial charge in [0.1, 0.15) is 0 Å². The molecule has 10 heteroatoms. The molecule has 0 radical (unpaired) electrons. The summed E-state index contributed by atoms with van der Waals surface area (Å²) < 4.78 is 52.5. The van der Waals surface area contributed by atoms with Gasteiger partial charge in [0.05, 0.1) is 42.5 Å². The van der Waals surface area contributed by atoms with Gasteiger partial charge in [-0.15, -0.1) is 5.10 Å². The van der Waals surface area contributed by atoms with Crippen molar-refractivity contribution in [2.24, 2.45) is 0 Å². The Hall–Kier alpha value is -2.85. The van der Waals surface area contributed by atoms with Crippen LogP contribution in [-0.4, -0.2) is 48.0 Å². The van der Waals surface area contributed by atoms with Crippen LogP contribution in [0.1, 0.15) is 28.1 Å². The molecule has 0 amide bonds. The highest BCUT2D eigenvalue weighted by Crippen LogP contribution is 2.34. The number of methoxy groups -OCH3 is 1. The van der Waals surface area contributed by atoms with Gasteiger partial charge in [-0.3, -0.25) is 0 Å². The second kappa shape index (κ2) is 8.35. The van der Waals surface area contributed by atoms with Crippen molar-refractivity contribution in [1.82, 2.24) is 14.6 Å². The first-order valence-electron chi connectivity index (χ1n) is 9.94. The summed E-state index contributed by atoms with van der Waals surface area (Å²) in [5.41, 5.74) is 8.52. The summed E-state index contributed by atoms with van der Waals surface area (Å²) in [5, 5.41) is 4.73. The van der Waals surface area contributed by atoms with Gasteiger partial charge < -0.3 is 20.1 Å². The quantitative estimate of drug-likeness (QED) is 0.663. The summed E-state index contributed by atoms with van der Waals surface area (Å²) in [4.78, 5) is 6.63. The molecule has 0 spiro atoms. The molecule has 2 N–H and O–H groups in total. The molecular weight excluding hydrogens is 411 g/mol. The van der Waals surface area contributed by atoms with E-state index < -0.39 is 11.7 Å². The minimum absolute atomic E-state index is 0.186. The Labute approximate surface area is 177 Å². The third-order valence-electron chi connectivity index (χ3n) is 5.50. The minimum Gasteiger partial charge on any atom is -0.396 e. The van der Waals surface area contributed by atoms with E-state index in [-0.39, 0.29) is 18.6 Å². The molecule has 166 valence electrons. The van der Waals surface area contributed by atoms with Crippen LogP contribution in [-0.2, 0) is 28.7 Å². The maximum atomic E-state index is 13.4. The fourth-order valence-corrected chi connectivity index (χ4v) is 3.86. The summed E-state index contributed by atoms with van der Waals surface area (Å²) in [6.07, 6.45) is -4.20. The van der Waals surface area contributed by atoms with Gasteiger partial charge in [-0.05, 0) is 24.1 Å². The number of halogens is 3. The van der Waals surface area contributed by atoms with Crippen molar-refractivity contribution in [3.8, 4) is 0 Å². The number of hydrogen-bond donors (Lipinski definition) is 1. The Kier molecular flexibility index (Phi) is 5.76. The summed E-state index contributed by atoms with van der Waals surface area (Å²) in [5.74, 6) is 0.677. The molecule has 31 heavy (non-hydrogen) atoms. The van der Waals surface area contributed by atoms with Crippen LogP contribution in [0.25, 0.3) is 5.65 Å². The number of alkyl halides is 3. The van der Waals surface area contributed by atoms with E-state index in [1.807, 2.05) is 0 Å². The molecule has 2 aromatic heterocycles. The number of nitrogens with two attached hydrogens (primary N) is 1. The van der Waals surface area contributed by atoms with E-state index in [2.05, 4.69) is 9.88 Å². The highest BCUT2D eigenvalue weighted by atomic mass is 19.4. The number of morpholine rings is 1. The zero-order valence-electron chi connectivity index (χ0n) is 17.4. The lowest BCUT2D eigenvalue weighted by molar-refractivity contribution is -0.138. The van der Waals surface area contributed by atoms with Gasteiger partial charge in [0.25, 0.3) is 0 Å². The monoisotopic (exact) mass is 435 g/mol. The van der Waals surface area contributed by atoms with Crippen LogP contribution in [0.4, 0.5) is 24.7 Å². The van der Waals surface area contributed by atoms with Gasteiger partial charge in [-0.1, -0.05) is 12.1 Å². The first-order chi connectivity index (χ1) is 14.8. The molecule has 0 aliphatic carbocycles. The Balaban J connectivity index is 1.82. The van der Waals surface area contributed by atoms with Crippen LogP contribution < -0.4 is 10.6 Å². The highest BCUT2D eigenvalue weighted by Gasteiger charge is 2.33. The van der Waals surface area contributed by atoms with Crippen LogP contribution in [0.15, 0.2) is 24.3 Å². The molecule has 7 nitrogen and oxygen atoms in total. The van der Waals surface area contributed by atoms with E-state index in [0.717, 1.165) is 6.07 Å². The molecule has 4 rings (SSSR count). The van der Waals surface area contributed by atoms with Crippen LogP contribution in [0.3, 0.4) is 0 Å². The number of benzene rings is 1. The van der Waals surface area contributed by atoms with Crippen LogP contribution in [0.2, 0.25) is 0 Å². The summed E-state index contributed by atoms with van der Waals surface area (Å²) in [6.45, 7) is 4.23. The van der Waals surface area contributed by atoms with Crippen molar-refractivity contribution < 1.29 is 22.6 Å². The number of imidazole rings is 1. The summed E-state index contributed by atoms with van der Waals surface area (Å²) in [6, 6.07) is 5.97. The van der Waals surface area contributed by atoms with Crippen molar-refractivity contribution in [2.45, 2.75) is 26.1 Å². The predicted molar refractivity (Wildman–Crippen MR) is 110 cm³/mol. The Bertz CT molecular complexity index is 1090. The number of nitrogen functional groups attached to an aromatic ring is 1. The topological polar surface area (TPSA) is 77.9 Å². The number of aromatic nitrogens is 3. The van der Waals surface area contributed by atoms with Gasteiger partial charge in [0.15, 0.2) is 11.5 Å². The lowest BCUT2D eigenvalue weighted by atomic mass is 9.98. The first-order valence-corrected chi connectivity index (χ1v) is 9.94. The second-order valence-electron chi connectivity index (χ2n) is 7.50. The number of rotatable bonds is 5. The molecule has 0 bridgehead atoms. The average Bonchev–Trinajstić information content (AvgIpc) is 3.07. The van der Waals surface area contributed by atoms with Crippen molar-refractivity contribution >= 4 is 17.2 Å². The van der Waals surface area contributed by atoms with E-state index in [1.165, 1.54) is 13.0 Å². The van der Waals surface area contributed by atoms with Crippen LogP contribution >= 0.6 is 0 Å². The maximum absolute atomic E-state index is 13.4. The average molecular weight is 435 g/mol. The van der Waals surface area contributed by atoms with E-state index in [9.17, 15) is 13.2 Å². The summed E-state index contributed by atoms with van der Waals surface area (Å²) >= 11 is 0. The van der Waals surface area contributed by atoms with Crippen molar-refractivity contribution in [3.63, 3.8) is 0 Å². The summed E-state index contributed by atoms with van der Waals surface area (Å²) in [7, 11) is 1.54. The Morgan fingerprint density at radius 3 is 2.65 bits per heavy atom. The predicted octanol–water partition coefficient (Wildman–Crippen LogP) is 3.21. The molecule has 3 heterocycles. The first kappa shape index (κ1) is 21.4.